The molecular formula is C20H20N4O. The first-order chi connectivity index (χ1) is 12.3. The van der Waals surface area contributed by atoms with Crippen LogP contribution in [0.25, 0.3) is 0 Å². The van der Waals surface area contributed by atoms with E-state index < -0.39 is 0 Å². The largest absolute Gasteiger partial charge is 0.347 e. The van der Waals surface area contributed by atoms with E-state index in [-0.39, 0.29) is 17.9 Å². The van der Waals surface area contributed by atoms with E-state index in [1.165, 1.54) is 11.9 Å². The first kappa shape index (κ1) is 15.6. The summed E-state index contributed by atoms with van der Waals surface area (Å²) in [4.78, 5) is 16.7. The van der Waals surface area contributed by atoms with Gasteiger partial charge in [0.1, 0.15) is 12.7 Å². The molecule has 1 aliphatic carbocycles. The van der Waals surface area contributed by atoms with Gasteiger partial charge in [-0.25, -0.2) is 4.98 Å². The molecular weight excluding hydrogens is 312 g/mol. The Morgan fingerprint density at radius 2 is 1.84 bits per heavy atom. The molecule has 4 rings (SSSR count). The molecule has 0 aliphatic heterocycles. The molecule has 3 atom stereocenters. The molecule has 1 aromatic heterocycles. The number of nitrogens with one attached hydrogen (secondary N) is 1. The second-order valence-corrected chi connectivity index (χ2v) is 6.45. The molecule has 25 heavy (non-hydrogen) atoms. The van der Waals surface area contributed by atoms with Crippen molar-refractivity contribution in [2.24, 2.45) is 5.92 Å². The second-order valence-electron chi connectivity index (χ2n) is 6.45. The minimum Gasteiger partial charge on any atom is -0.347 e. The summed E-state index contributed by atoms with van der Waals surface area (Å²) in [5, 5.41) is 7.37. The van der Waals surface area contributed by atoms with Crippen molar-refractivity contribution in [3.63, 3.8) is 0 Å². The van der Waals surface area contributed by atoms with Crippen LogP contribution in [0.4, 0.5) is 0 Å². The Hall–Kier alpha value is -2.95. The van der Waals surface area contributed by atoms with Crippen LogP contribution in [-0.4, -0.2) is 20.7 Å². The average molecular weight is 332 g/mol. The summed E-state index contributed by atoms with van der Waals surface area (Å²) in [6, 6.07) is 20.2. The van der Waals surface area contributed by atoms with Crippen LogP contribution < -0.4 is 5.32 Å². The number of aromatic nitrogens is 3. The number of carbonyl (C=O) groups excluding carboxylic acids is 1. The molecule has 5 nitrogen and oxygen atoms in total. The van der Waals surface area contributed by atoms with E-state index in [0.717, 1.165) is 12.0 Å². The molecule has 5 heteroatoms. The van der Waals surface area contributed by atoms with Gasteiger partial charge in [-0.05, 0) is 23.5 Å². The lowest BCUT2D eigenvalue weighted by atomic mass is 10.1. The third-order valence-electron chi connectivity index (χ3n) is 4.71. The number of benzene rings is 2. The molecule has 1 heterocycles. The van der Waals surface area contributed by atoms with Gasteiger partial charge in [0, 0.05) is 5.92 Å². The lowest BCUT2D eigenvalue weighted by molar-refractivity contribution is -0.123. The number of hydrogen-bond donors (Lipinski definition) is 1. The summed E-state index contributed by atoms with van der Waals surface area (Å²) in [5.41, 5.74) is 2.32. The smallest absolute Gasteiger partial charge is 0.224 e. The molecule has 1 aliphatic rings. The van der Waals surface area contributed by atoms with Gasteiger partial charge >= 0.3 is 0 Å². The number of carbonyl (C=O) groups is 1. The number of rotatable bonds is 6. The number of amides is 1. The van der Waals surface area contributed by atoms with Crippen LogP contribution in [-0.2, 0) is 11.3 Å². The number of nitrogens with zero attached hydrogens (tertiary/aromatic N) is 3. The summed E-state index contributed by atoms with van der Waals surface area (Å²) < 4.78 is 1.75. The van der Waals surface area contributed by atoms with Crippen molar-refractivity contribution in [2.75, 3.05) is 0 Å². The van der Waals surface area contributed by atoms with Gasteiger partial charge in [0.05, 0.1) is 12.6 Å². The fourth-order valence-corrected chi connectivity index (χ4v) is 3.27. The maximum Gasteiger partial charge on any atom is 0.224 e. The zero-order valence-corrected chi connectivity index (χ0v) is 13.8. The van der Waals surface area contributed by atoms with Gasteiger partial charge in [-0.1, -0.05) is 60.7 Å². The van der Waals surface area contributed by atoms with Crippen molar-refractivity contribution >= 4 is 5.91 Å². The Morgan fingerprint density at radius 3 is 2.52 bits per heavy atom. The van der Waals surface area contributed by atoms with Crippen LogP contribution in [0.5, 0.6) is 0 Å². The van der Waals surface area contributed by atoms with E-state index in [2.05, 4.69) is 27.5 Å². The van der Waals surface area contributed by atoms with Crippen LogP contribution in [0.2, 0.25) is 0 Å². The Labute approximate surface area is 146 Å². The van der Waals surface area contributed by atoms with E-state index in [4.69, 9.17) is 0 Å². The Kier molecular flexibility index (Phi) is 4.29. The zero-order chi connectivity index (χ0) is 17.1. The predicted molar refractivity (Wildman–Crippen MR) is 94.6 cm³/mol. The molecule has 1 N–H and O–H groups in total. The second kappa shape index (κ2) is 6.89. The van der Waals surface area contributed by atoms with E-state index >= 15 is 0 Å². The standard InChI is InChI=1S/C20H20N4O/c25-20(18-11-17(18)15-7-3-1-4-8-15)23-19(12-24-14-21-13-22-24)16-9-5-2-6-10-16/h1-10,13-14,17-19H,11-12H2,(H,23,25). The van der Waals surface area contributed by atoms with Gasteiger partial charge in [-0.15, -0.1) is 0 Å². The van der Waals surface area contributed by atoms with Crippen molar-refractivity contribution < 1.29 is 4.79 Å². The molecule has 1 saturated carbocycles. The third-order valence-corrected chi connectivity index (χ3v) is 4.71. The maximum absolute atomic E-state index is 12.7. The molecule has 2 aromatic carbocycles. The molecule has 1 amide bonds. The van der Waals surface area contributed by atoms with Crippen LogP contribution in [0.3, 0.4) is 0 Å². The fourth-order valence-electron chi connectivity index (χ4n) is 3.27. The van der Waals surface area contributed by atoms with Crippen LogP contribution in [0, 0.1) is 5.92 Å². The lowest BCUT2D eigenvalue weighted by Crippen LogP contribution is -2.33. The Morgan fingerprint density at radius 1 is 1.12 bits per heavy atom. The Bertz CT molecular complexity index is 817. The monoisotopic (exact) mass is 332 g/mol. The van der Waals surface area contributed by atoms with E-state index in [9.17, 15) is 4.79 Å². The lowest BCUT2D eigenvalue weighted by Gasteiger charge is -2.19. The summed E-state index contributed by atoms with van der Waals surface area (Å²) >= 11 is 0. The van der Waals surface area contributed by atoms with Gasteiger partial charge in [0.25, 0.3) is 0 Å². The molecule has 1 fully saturated rings. The zero-order valence-electron chi connectivity index (χ0n) is 13.8. The van der Waals surface area contributed by atoms with Gasteiger partial charge in [0.2, 0.25) is 5.91 Å². The van der Waals surface area contributed by atoms with Crippen molar-refractivity contribution in [1.82, 2.24) is 20.1 Å². The summed E-state index contributed by atoms with van der Waals surface area (Å²) in [6.07, 6.45) is 4.10. The molecule has 0 radical (unpaired) electrons. The summed E-state index contributed by atoms with van der Waals surface area (Å²) in [5.74, 6) is 0.510. The van der Waals surface area contributed by atoms with Crippen LogP contribution in [0.15, 0.2) is 73.3 Å². The van der Waals surface area contributed by atoms with Gasteiger partial charge in [-0.2, -0.15) is 5.10 Å². The summed E-state index contributed by atoms with van der Waals surface area (Å²) in [7, 11) is 0. The fraction of sp³-hybridized carbons (Fsp3) is 0.250. The molecule has 3 unspecified atom stereocenters. The minimum atomic E-state index is -0.118. The van der Waals surface area contributed by atoms with Gasteiger partial charge in [0.15, 0.2) is 0 Å². The van der Waals surface area contributed by atoms with Crippen LogP contribution >= 0.6 is 0 Å². The van der Waals surface area contributed by atoms with E-state index in [0.29, 0.717) is 12.5 Å². The highest BCUT2D eigenvalue weighted by atomic mass is 16.2. The predicted octanol–water partition coefficient (Wildman–Crippen LogP) is 2.94. The minimum absolute atomic E-state index is 0.0596. The third kappa shape index (κ3) is 3.60. The van der Waals surface area contributed by atoms with E-state index in [1.54, 1.807) is 11.0 Å². The van der Waals surface area contributed by atoms with E-state index in [1.807, 2.05) is 48.5 Å². The van der Waals surface area contributed by atoms with Crippen molar-refractivity contribution in [3.05, 3.63) is 84.4 Å². The van der Waals surface area contributed by atoms with Crippen molar-refractivity contribution in [1.29, 1.82) is 0 Å². The van der Waals surface area contributed by atoms with Gasteiger partial charge < -0.3 is 5.32 Å². The molecule has 0 saturated heterocycles. The van der Waals surface area contributed by atoms with Crippen molar-refractivity contribution in [2.45, 2.75) is 24.9 Å². The molecule has 0 bridgehead atoms. The van der Waals surface area contributed by atoms with Crippen LogP contribution in [0.1, 0.15) is 29.5 Å². The first-order valence-corrected chi connectivity index (χ1v) is 8.54. The topological polar surface area (TPSA) is 59.8 Å². The normalized spacial score (nSPS) is 20.0. The highest BCUT2D eigenvalue weighted by Crippen LogP contribution is 2.47. The first-order valence-electron chi connectivity index (χ1n) is 8.54. The summed E-state index contributed by atoms with van der Waals surface area (Å²) in [6.45, 7) is 0.568. The average Bonchev–Trinajstić information content (AvgIpc) is 3.31. The molecule has 3 aromatic rings. The molecule has 126 valence electrons. The highest BCUT2D eigenvalue weighted by molar-refractivity contribution is 5.83. The quantitative estimate of drug-likeness (QED) is 0.755. The Balaban J connectivity index is 1.46. The number of hydrogen-bond acceptors (Lipinski definition) is 3. The van der Waals surface area contributed by atoms with Gasteiger partial charge in [-0.3, -0.25) is 9.48 Å². The molecule has 0 spiro atoms. The van der Waals surface area contributed by atoms with Crippen molar-refractivity contribution in [3.8, 4) is 0 Å². The highest BCUT2D eigenvalue weighted by Gasteiger charge is 2.44. The maximum atomic E-state index is 12.7. The SMILES string of the molecule is O=C(NC(Cn1cncn1)c1ccccc1)C1CC1c1ccccc1.